The Hall–Kier alpha value is -1.38. The molecule has 0 aliphatic heterocycles. The van der Waals surface area contributed by atoms with Gasteiger partial charge in [0.2, 0.25) is 0 Å². The van der Waals surface area contributed by atoms with E-state index in [4.69, 9.17) is 0 Å². The van der Waals surface area contributed by atoms with Gasteiger partial charge < -0.3 is 4.84 Å². The van der Waals surface area contributed by atoms with E-state index in [1.807, 2.05) is 18.3 Å². The molecule has 3 heteroatoms. The fourth-order valence-corrected chi connectivity index (χ4v) is 0.736. The maximum atomic E-state index is 4.51. The maximum Gasteiger partial charge on any atom is 0.106 e. The summed E-state index contributed by atoms with van der Waals surface area (Å²) in [5.41, 5.74) is 1.13. The summed E-state index contributed by atoms with van der Waals surface area (Å²) in [5, 5.41) is 3.61. The highest BCUT2D eigenvalue weighted by Crippen LogP contribution is 1.94. The Morgan fingerprint density at radius 1 is 1.73 bits per heavy atom. The summed E-state index contributed by atoms with van der Waals surface area (Å²) in [6.07, 6.45) is 6.03. The largest absolute Gasteiger partial charge is 0.399 e. The average molecular weight is 150 g/mol. The van der Waals surface area contributed by atoms with E-state index in [0.717, 1.165) is 12.0 Å². The molecular weight excluding hydrogens is 140 g/mol. The Labute approximate surface area is 65.7 Å². The summed E-state index contributed by atoms with van der Waals surface area (Å²) < 4.78 is 0. The fraction of sp³-hybridized carbons (Fsp3) is 0.250. The van der Waals surface area contributed by atoms with Crippen molar-refractivity contribution < 1.29 is 4.84 Å². The number of rotatable bonds is 3. The van der Waals surface area contributed by atoms with Crippen molar-refractivity contribution in [2.24, 2.45) is 5.16 Å². The van der Waals surface area contributed by atoms with Gasteiger partial charge in [0, 0.05) is 25.0 Å². The minimum atomic E-state index is 0.766. The van der Waals surface area contributed by atoms with Gasteiger partial charge in [0.05, 0.1) is 0 Å². The van der Waals surface area contributed by atoms with E-state index in [0.29, 0.717) is 0 Å². The van der Waals surface area contributed by atoms with Crippen LogP contribution in [0.3, 0.4) is 0 Å². The van der Waals surface area contributed by atoms with Gasteiger partial charge in [0.1, 0.15) is 7.11 Å². The third-order valence-electron chi connectivity index (χ3n) is 1.23. The number of aromatic nitrogens is 1. The summed E-state index contributed by atoms with van der Waals surface area (Å²) in [4.78, 5) is 8.47. The van der Waals surface area contributed by atoms with Gasteiger partial charge in [0.25, 0.3) is 0 Å². The summed E-state index contributed by atoms with van der Waals surface area (Å²) in [6.45, 7) is 0. The second-order valence-electron chi connectivity index (χ2n) is 2.04. The Morgan fingerprint density at radius 2 is 2.64 bits per heavy atom. The third-order valence-corrected chi connectivity index (χ3v) is 1.23. The van der Waals surface area contributed by atoms with Crippen molar-refractivity contribution >= 4 is 6.21 Å². The van der Waals surface area contributed by atoms with Crippen LogP contribution in [0.15, 0.2) is 29.7 Å². The normalized spacial score (nSPS) is 10.3. The molecule has 0 aromatic carbocycles. The van der Waals surface area contributed by atoms with Crippen LogP contribution in [0, 0.1) is 0 Å². The molecular formula is C8H10N2O. The fourth-order valence-electron chi connectivity index (χ4n) is 0.736. The molecule has 0 aliphatic carbocycles. The van der Waals surface area contributed by atoms with Crippen molar-refractivity contribution in [2.75, 3.05) is 7.11 Å². The molecule has 0 fully saturated rings. The zero-order valence-electron chi connectivity index (χ0n) is 6.40. The molecule has 0 atom stereocenters. The molecule has 3 nitrogen and oxygen atoms in total. The van der Waals surface area contributed by atoms with E-state index in [9.17, 15) is 0 Å². The predicted octanol–water partition coefficient (Wildman–Crippen LogP) is 1.26. The standard InChI is InChI=1S/C8H10N2O/c1-11-10-6-4-8-3-2-5-9-7-8/h2-3,5-7H,4H2,1H3. The Bertz CT molecular complexity index is 221. The summed E-state index contributed by atoms with van der Waals surface area (Å²) >= 11 is 0. The van der Waals surface area contributed by atoms with Gasteiger partial charge in [-0.3, -0.25) is 4.98 Å². The van der Waals surface area contributed by atoms with Gasteiger partial charge in [-0.05, 0) is 11.6 Å². The first kappa shape index (κ1) is 7.72. The average Bonchev–Trinajstić information content (AvgIpc) is 2.07. The Kier molecular flexibility index (Phi) is 3.12. The third kappa shape index (κ3) is 2.80. The molecule has 11 heavy (non-hydrogen) atoms. The van der Waals surface area contributed by atoms with Crippen LogP contribution in [0.2, 0.25) is 0 Å². The lowest BCUT2D eigenvalue weighted by atomic mass is 10.2. The zero-order chi connectivity index (χ0) is 7.94. The van der Waals surface area contributed by atoms with Crippen LogP contribution in [0.5, 0.6) is 0 Å². The molecule has 1 aromatic heterocycles. The smallest absolute Gasteiger partial charge is 0.106 e. The number of oxime groups is 1. The number of hydrogen-bond donors (Lipinski definition) is 0. The molecule has 0 bridgehead atoms. The number of nitrogens with zero attached hydrogens (tertiary/aromatic N) is 2. The molecule has 0 N–H and O–H groups in total. The van der Waals surface area contributed by atoms with Crippen molar-refractivity contribution in [1.82, 2.24) is 4.98 Å². The molecule has 1 aromatic rings. The molecule has 0 saturated carbocycles. The van der Waals surface area contributed by atoms with Crippen LogP contribution < -0.4 is 0 Å². The molecule has 1 rings (SSSR count). The number of pyridine rings is 1. The minimum absolute atomic E-state index is 0.766. The predicted molar refractivity (Wildman–Crippen MR) is 43.4 cm³/mol. The molecule has 0 radical (unpaired) electrons. The van der Waals surface area contributed by atoms with Crippen molar-refractivity contribution in [3.05, 3.63) is 30.1 Å². The SMILES string of the molecule is CON=CCc1cccnc1. The molecule has 0 unspecified atom stereocenters. The Morgan fingerprint density at radius 3 is 3.27 bits per heavy atom. The van der Waals surface area contributed by atoms with E-state index in [-0.39, 0.29) is 0 Å². The second-order valence-corrected chi connectivity index (χ2v) is 2.04. The summed E-state index contributed by atoms with van der Waals surface area (Å²) in [7, 11) is 1.53. The summed E-state index contributed by atoms with van der Waals surface area (Å²) in [5.74, 6) is 0. The molecule has 0 amide bonds. The molecule has 1 heterocycles. The van der Waals surface area contributed by atoms with Crippen LogP contribution in [-0.4, -0.2) is 18.3 Å². The van der Waals surface area contributed by atoms with Gasteiger partial charge in [-0.1, -0.05) is 11.2 Å². The van der Waals surface area contributed by atoms with E-state index >= 15 is 0 Å². The first-order chi connectivity index (χ1) is 5.43. The first-order valence-corrected chi connectivity index (χ1v) is 3.37. The van der Waals surface area contributed by atoms with Gasteiger partial charge in [0.15, 0.2) is 0 Å². The minimum Gasteiger partial charge on any atom is -0.399 e. The molecule has 58 valence electrons. The van der Waals surface area contributed by atoms with Gasteiger partial charge >= 0.3 is 0 Å². The van der Waals surface area contributed by atoms with E-state index in [1.165, 1.54) is 7.11 Å². The lowest BCUT2D eigenvalue weighted by Gasteiger charge is -1.91. The molecule has 0 saturated heterocycles. The maximum absolute atomic E-state index is 4.51. The van der Waals surface area contributed by atoms with Crippen LogP contribution in [0.25, 0.3) is 0 Å². The molecule has 0 spiro atoms. The van der Waals surface area contributed by atoms with Crippen molar-refractivity contribution in [1.29, 1.82) is 0 Å². The number of hydrogen-bond acceptors (Lipinski definition) is 3. The monoisotopic (exact) mass is 150 g/mol. The van der Waals surface area contributed by atoms with Gasteiger partial charge in [-0.15, -0.1) is 0 Å². The van der Waals surface area contributed by atoms with Gasteiger partial charge in [-0.25, -0.2) is 0 Å². The quantitative estimate of drug-likeness (QED) is 0.480. The van der Waals surface area contributed by atoms with E-state index in [2.05, 4.69) is 15.0 Å². The highest BCUT2D eigenvalue weighted by Gasteiger charge is 1.86. The highest BCUT2D eigenvalue weighted by atomic mass is 16.6. The van der Waals surface area contributed by atoms with Crippen molar-refractivity contribution in [3.8, 4) is 0 Å². The van der Waals surface area contributed by atoms with Crippen LogP contribution >= 0.6 is 0 Å². The van der Waals surface area contributed by atoms with Crippen molar-refractivity contribution in [2.45, 2.75) is 6.42 Å². The Balaban J connectivity index is 2.45. The highest BCUT2D eigenvalue weighted by molar-refractivity contribution is 5.60. The van der Waals surface area contributed by atoms with Gasteiger partial charge in [-0.2, -0.15) is 0 Å². The van der Waals surface area contributed by atoms with E-state index < -0.39 is 0 Å². The van der Waals surface area contributed by atoms with E-state index in [1.54, 1.807) is 12.4 Å². The molecule has 0 aliphatic rings. The first-order valence-electron chi connectivity index (χ1n) is 3.37. The van der Waals surface area contributed by atoms with Crippen molar-refractivity contribution in [3.63, 3.8) is 0 Å². The lowest BCUT2D eigenvalue weighted by Crippen LogP contribution is -1.86. The summed E-state index contributed by atoms with van der Waals surface area (Å²) in [6, 6.07) is 3.89. The topological polar surface area (TPSA) is 34.5 Å². The lowest BCUT2D eigenvalue weighted by molar-refractivity contribution is 0.215. The van der Waals surface area contributed by atoms with Crippen LogP contribution in [0.4, 0.5) is 0 Å². The van der Waals surface area contributed by atoms with Crippen LogP contribution in [-0.2, 0) is 11.3 Å². The second kappa shape index (κ2) is 4.44. The zero-order valence-corrected chi connectivity index (χ0v) is 6.40. The van der Waals surface area contributed by atoms with Crippen LogP contribution in [0.1, 0.15) is 5.56 Å².